The summed E-state index contributed by atoms with van der Waals surface area (Å²) in [6, 6.07) is 12.9. The summed E-state index contributed by atoms with van der Waals surface area (Å²) in [7, 11) is 0. The molecule has 2 amide bonds. The van der Waals surface area contributed by atoms with Gasteiger partial charge < -0.3 is 24.3 Å². The SMILES string of the molecule is O=C(NCC1COc2ccccc2O1)N1CC2CC(C1)c1cccc(=O)n1C2. The van der Waals surface area contributed by atoms with Gasteiger partial charge in [0.2, 0.25) is 0 Å². The molecule has 146 valence electrons. The highest BCUT2D eigenvalue weighted by atomic mass is 16.6. The highest BCUT2D eigenvalue weighted by Gasteiger charge is 2.36. The number of hydrogen-bond acceptors (Lipinski definition) is 4. The number of amides is 2. The Hall–Kier alpha value is -2.96. The highest BCUT2D eigenvalue weighted by Crippen LogP contribution is 2.35. The van der Waals surface area contributed by atoms with Crippen LogP contribution >= 0.6 is 0 Å². The van der Waals surface area contributed by atoms with E-state index in [1.807, 2.05) is 45.9 Å². The van der Waals surface area contributed by atoms with Crippen molar-refractivity contribution in [2.75, 3.05) is 26.2 Å². The van der Waals surface area contributed by atoms with Crippen molar-refractivity contribution >= 4 is 6.03 Å². The van der Waals surface area contributed by atoms with Gasteiger partial charge in [-0.2, -0.15) is 0 Å². The Morgan fingerprint density at radius 3 is 2.82 bits per heavy atom. The molecule has 3 atom stereocenters. The van der Waals surface area contributed by atoms with Crippen LogP contribution in [0.25, 0.3) is 0 Å². The van der Waals surface area contributed by atoms with Crippen molar-refractivity contribution in [2.24, 2.45) is 5.92 Å². The van der Waals surface area contributed by atoms with E-state index >= 15 is 0 Å². The van der Waals surface area contributed by atoms with E-state index in [2.05, 4.69) is 5.32 Å². The van der Waals surface area contributed by atoms with E-state index in [4.69, 9.17) is 9.47 Å². The molecule has 28 heavy (non-hydrogen) atoms. The van der Waals surface area contributed by atoms with Gasteiger partial charge in [-0.3, -0.25) is 4.79 Å². The Balaban J connectivity index is 1.21. The van der Waals surface area contributed by atoms with E-state index in [0.717, 1.165) is 17.9 Å². The van der Waals surface area contributed by atoms with Crippen molar-refractivity contribution in [3.05, 3.63) is 58.5 Å². The summed E-state index contributed by atoms with van der Waals surface area (Å²) in [4.78, 5) is 26.7. The number of fused-ring (bicyclic) bond motifs is 5. The number of ether oxygens (including phenoxy) is 2. The molecule has 3 unspecified atom stereocenters. The first kappa shape index (κ1) is 17.2. The second-order valence-corrected chi connectivity index (χ2v) is 7.79. The van der Waals surface area contributed by atoms with E-state index in [1.54, 1.807) is 6.07 Å². The van der Waals surface area contributed by atoms with E-state index < -0.39 is 0 Å². The van der Waals surface area contributed by atoms with Crippen molar-refractivity contribution in [1.29, 1.82) is 0 Å². The molecule has 7 heteroatoms. The van der Waals surface area contributed by atoms with Gasteiger partial charge in [-0.25, -0.2) is 4.79 Å². The van der Waals surface area contributed by atoms with Crippen LogP contribution in [0.15, 0.2) is 47.3 Å². The maximum atomic E-state index is 12.7. The number of carbonyl (C=O) groups is 1. The lowest BCUT2D eigenvalue weighted by Crippen LogP contribution is -2.53. The molecule has 5 rings (SSSR count). The molecule has 1 fully saturated rings. The van der Waals surface area contributed by atoms with Crippen LogP contribution in [-0.4, -0.2) is 47.8 Å². The summed E-state index contributed by atoms with van der Waals surface area (Å²) in [5, 5.41) is 2.99. The van der Waals surface area contributed by atoms with Crippen LogP contribution in [0.4, 0.5) is 4.79 Å². The molecule has 1 saturated heterocycles. The minimum absolute atomic E-state index is 0.0554. The van der Waals surface area contributed by atoms with Crippen molar-refractivity contribution in [3.8, 4) is 11.5 Å². The second kappa shape index (κ2) is 6.89. The fraction of sp³-hybridized carbons (Fsp3) is 0.429. The molecule has 0 aliphatic carbocycles. The fourth-order valence-corrected chi connectivity index (χ4v) is 4.54. The number of nitrogens with zero attached hydrogens (tertiary/aromatic N) is 2. The van der Waals surface area contributed by atoms with E-state index in [1.165, 1.54) is 0 Å². The quantitative estimate of drug-likeness (QED) is 0.861. The van der Waals surface area contributed by atoms with Gasteiger partial charge in [0.25, 0.3) is 5.56 Å². The van der Waals surface area contributed by atoms with Gasteiger partial charge in [-0.05, 0) is 30.5 Å². The molecule has 3 aliphatic rings. The van der Waals surface area contributed by atoms with Crippen LogP contribution in [0, 0.1) is 5.92 Å². The summed E-state index contributed by atoms with van der Waals surface area (Å²) in [6.45, 7) is 2.81. The molecule has 2 aromatic rings. The normalized spacial score (nSPS) is 25.0. The van der Waals surface area contributed by atoms with Crippen LogP contribution in [0.3, 0.4) is 0 Å². The zero-order valence-electron chi connectivity index (χ0n) is 15.5. The van der Waals surface area contributed by atoms with Crippen molar-refractivity contribution in [2.45, 2.75) is 25.0 Å². The van der Waals surface area contributed by atoms with Crippen LogP contribution < -0.4 is 20.3 Å². The first-order chi connectivity index (χ1) is 13.7. The summed E-state index contributed by atoms with van der Waals surface area (Å²) in [5.41, 5.74) is 1.10. The minimum Gasteiger partial charge on any atom is -0.486 e. The Labute approximate surface area is 162 Å². The molecule has 1 aromatic heterocycles. The number of rotatable bonds is 2. The second-order valence-electron chi connectivity index (χ2n) is 7.79. The maximum absolute atomic E-state index is 12.7. The standard InChI is InChI=1S/C21H23N3O4/c25-20-7-3-4-17-15-8-14(11-24(17)20)10-23(12-15)21(26)22-9-16-13-27-18-5-1-2-6-19(18)28-16/h1-7,14-16H,8-13H2,(H,22,26). The molecule has 2 bridgehead atoms. The predicted molar refractivity (Wildman–Crippen MR) is 103 cm³/mol. The van der Waals surface area contributed by atoms with Gasteiger partial charge in [0.1, 0.15) is 6.61 Å². The van der Waals surface area contributed by atoms with Crippen LogP contribution in [-0.2, 0) is 6.54 Å². The molecule has 1 aromatic carbocycles. The highest BCUT2D eigenvalue weighted by molar-refractivity contribution is 5.74. The van der Waals surface area contributed by atoms with Gasteiger partial charge in [-0.1, -0.05) is 18.2 Å². The Morgan fingerprint density at radius 2 is 1.93 bits per heavy atom. The van der Waals surface area contributed by atoms with Gasteiger partial charge in [0.15, 0.2) is 17.6 Å². The molecule has 1 N–H and O–H groups in total. The number of nitrogens with one attached hydrogen (secondary N) is 1. The third kappa shape index (κ3) is 3.10. The number of benzene rings is 1. The first-order valence-corrected chi connectivity index (χ1v) is 9.78. The lowest BCUT2D eigenvalue weighted by molar-refractivity contribution is 0.0868. The molecular weight excluding hydrogens is 358 g/mol. The number of para-hydroxylation sites is 2. The molecule has 7 nitrogen and oxygen atoms in total. The third-order valence-electron chi connectivity index (χ3n) is 5.82. The smallest absolute Gasteiger partial charge is 0.317 e. The minimum atomic E-state index is -0.206. The van der Waals surface area contributed by atoms with Crippen LogP contribution in [0.2, 0.25) is 0 Å². The number of urea groups is 1. The van der Waals surface area contributed by atoms with Crippen LogP contribution in [0.5, 0.6) is 11.5 Å². The van der Waals surface area contributed by atoms with Crippen LogP contribution in [0.1, 0.15) is 18.0 Å². The number of aromatic nitrogens is 1. The maximum Gasteiger partial charge on any atom is 0.317 e. The summed E-state index contributed by atoms with van der Waals surface area (Å²) in [6.07, 6.45) is 0.825. The van der Waals surface area contributed by atoms with Crippen molar-refractivity contribution < 1.29 is 14.3 Å². The number of carbonyl (C=O) groups excluding carboxylic acids is 1. The molecule has 0 radical (unpaired) electrons. The van der Waals surface area contributed by atoms with Gasteiger partial charge in [-0.15, -0.1) is 0 Å². The molecule has 4 heterocycles. The molecule has 3 aliphatic heterocycles. The lowest BCUT2D eigenvalue weighted by Gasteiger charge is -2.42. The van der Waals surface area contributed by atoms with E-state index in [9.17, 15) is 9.59 Å². The first-order valence-electron chi connectivity index (χ1n) is 9.78. The number of pyridine rings is 1. The molecular formula is C21H23N3O4. The largest absolute Gasteiger partial charge is 0.486 e. The summed E-state index contributed by atoms with van der Waals surface area (Å²) in [5.74, 6) is 1.98. The van der Waals surface area contributed by atoms with E-state index in [-0.39, 0.29) is 23.6 Å². The van der Waals surface area contributed by atoms with Crippen molar-refractivity contribution in [1.82, 2.24) is 14.8 Å². The number of likely N-dealkylation sites (tertiary alicyclic amines) is 1. The number of piperidine rings is 1. The monoisotopic (exact) mass is 381 g/mol. The molecule has 0 saturated carbocycles. The average molecular weight is 381 g/mol. The van der Waals surface area contributed by atoms with E-state index in [0.29, 0.717) is 44.5 Å². The lowest BCUT2D eigenvalue weighted by atomic mass is 9.83. The summed E-state index contributed by atoms with van der Waals surface area (Å²) < 4.78 is 13.5. The van der Waals surface area contributed by atoms with Gasteiger partial charge in [0.05, 0.1) is 6.54 Å². The zero-order chi connectivity index (χ0) is 19.1. The van der Waals surface area contributed by atoms with Crippen molar-refractivity contribution in [3.63, 3.8) is 0 Å². The Kier molecular flexibility index (Phi) is 4.22. The van der Waals surface area contributed by atoms with Gasteiger partial charge in [0, 0.05) is 37.3 Å². The average Bonchev–Trinajstić information content (AvgIpc) is 2.72. The molecule has 0 spiro atoms. The Bertz CT molecular complexity index is 957. The number of hydrogen-bond donors (Lipinski definition) is 1. The topological polar surface area (TPSA) is 72.8 Å². The predicted octanol–water partition coefficient (Wildman–Crippen LogP) is 1.82. The fourth-order valence-electron chi connectivity index (χ4n) is 4.54. The third-order valence-corrected chi connectivity index (χ3v) is 5.82. The zero-order valence-corrected chi connectivity index (χ0v) is 15.5. The Morgan fingerprint density at radius 1 is 1.07 bits per heavy atom. The van der Waals surface area contributed by atoms with Gasteiger partial charge >= 0.3 is 6.03 Å². The summed E-state index contributed by atoms with van der Waals surface area (Å²) >= 11 is 0.